The molecule has 2 unspecified atom stereocenters. The number of benzene rings is 1. The number of hydrogen-bond acceptors (Lipinski definition) is 2. The first kappa shape index (κ1) is 16.6. The molecule has 0 aromatic heterocycles. The molecule has 0 spiro atoms. The van der Waals surface area contributed by atoms with Crippen LogP contribution in [0.4, 0.5) is 4.39 Å². The first-order valence-electron chi connectivity index (χ1n) is 6.63. The van der Waals surface area contributed by atoms with Gasteiger partial charge in [0.2, 0.25) is 0 Å². The lowest BCUT2D eigenvalue weighted by molar-refractivity contribution is 0.116. The Morgan fingerprint density at radius 2 is 2.05 bits per heavy atom. The smallest absolute Gasteiger partial charge is 0.126 e. The summed E-state index contributed by atoms with van der Waals surface area (Å²) in [6.07, 6.45) is 1.67. The Kier molecular flexibility index (Phi) is 5.96. The Hall–Kier alpha value is -0.450. The zero-order chi connectivity index (χ0) is 14.6. The Balaban J connectivity index is 3.02. The summed E-state index contributed by atoms with van der Waals surface area (Å²) >= 11 is 3.41. The van der Waals surface area contributed by atoms with Crippen molar-refractivity contribution in [1.82, 2.24) is 10.2 Å². The zero-order valence-corrected chi connectivity index (χ0v) is 14.0. The van der Waals surface area contributed by atoms with Gasteiger partial charge in [0.05, 0.1) is 0 Å². The molecule has 0 bridgehead atoms. The lowest BCUT2D eigenvalue weighted by Gasteiger charge is -2.42. The Bertz CT molecular complexity index is 423. The van der Waals surface area contributed by atoms with Gasteiger partial charge < -0.3 is 10.2 Å². The van der Waals surface area contributed by atoms with Crippen molar-refractivity contribution in [3.8, 4) is 0 Å². The highest BCUT2D eigenvalue weighted by Crippen LogP contribution is 2.25. The van der Waals surface area contributed by atoms with Crippen molar-refractivity contribution in [3.05, 3.63) is 34.1 Å². The third-order valence-electron chi connectivity index (χ3n) is 4.27. The van der Waals surface area contributed by atoms with Gasteiger partial charge in [0.25, 0.3) is 0 Å². The second kappa shape index (κ2) is 6.82. The number of nitrogens with one attached hydrogen (secondary N) is 1. The molecule has 4 heteroatoms. The minimum absolute atomic E-state index is 0.0104. The van der Waals surface area contributed by atoms with Gasteiger partial charge in [0.1, 0.15) is 5.82 Å². The van der Waals surface area contributed by atoms with E-state index in [9.17, 15) is 4.39 Å². The minimum atomic E-state index is -0.138. The number of halogens is 2. The summed E-state index contributed by atoms with van der Waals surface area (Å²) in [5.74, 6) is -0.138. The molecule has 19 heavy (non-hydrogen) atoms. The lowest BCUT2D eigenvalue weighted by Crippen LogP contribution is -2.57. The van der Waals surface area contributed by atoms with Crippen LogP contribution in [-0.4, -0.2) is 37.6 Å². The van der Waals surface area contributed by atoms with Crippen LogP contribution in [0.2, 0.25) is 0 Å². The van der Waals surface area contributed by atoms with Crippen LogP contribution in [0.5, 0.6) is 0 Å². The summed E-state index contributed by atoms with van der Waals surface area (Å²) in [4.78, 5) is 2.21. The molecule has 1 N–H and O–H groups in total. The van der Waals surface area contributed by atoms with Crippen molar-refractivity contribution in [2.75, 3.05) is 21.1 Å². The van der Waals surface area contributed by atoms with Gasteiger partial charge in [0, 0.05) is 16.1 Å². The Morgan fingerprint density at radius 1 is 1.42 bits per heavy atom. The van der Waals surface area contributed by atoms with Gasteiger partial charge in [0.15, 0.2) is 0 Å². The average molecular weight is 331 g/mol. The molecular weight excluding hydrogens is 307 g/mol. The summed E-state index contributed by atoms with van der Waals surface area (Å²) < 4.78 is 14.8. The average Bonchev–Trinajstić information content (AvgIpc) is 2.38. The standard InChI is InChI=1S/C15H24BrFN2/c1-6-15(2,19(4)5)14(18-3)10-11-9-12(16)7-8-13(11)17/h7-9,14,18H,6,10H2,1-5H3. The van der Waals surface area contributed by atoms with Crippen molar-refractivity contribution in [3.63, 3.8) is 0 Å². The van der Waals surface area contributed by atoms with Crippen LogP contribution in [0, 0.1) is 5.82 Å². The zero-order valence-electron chi connectivity index (χ0n) is 12.4. The second-order valence-corrected chi connectivity index (χ2v) is 6.30. The van der Waals surface area contributed by atoms with Gasteiger partial charge >= 0.3 is 0 Å². The first-order valence-corrected chi connectivity index (χ1v) is 7.43. The van der Waals surface area contributed by atoms with Gasteiger partial charge in [-0.3, -0.25) is 0 Å². The van der Waals surface area contributed by atoms with E-state index in [1.54, 1.807) is 6.07 Å². The molecule has 0 aliphatic rings. The number of nitrogens with zero attached hydrogens (tertiary/aromatic N) is 1. The van der Waals surface area contributed by atoms with Crippen LogP contribution >= 0.6 is 15.9 Å². The minimum Gasteiger partial charge on any atom is -0.315 e. The van der Waals surface area contributed by atoms with E-state index in [0.717, 1.165) is 16.5 Å². The first-order chi connectivity index (χ1) is 8.85. The molecule has 2 atom stereocenters. The SMILES string of the molecule is CCC(C)(C(Cc1cc(Br)ccc1F)NC)N(C)C. The fourth-order valence-corrected chi connectivity index (χ4v) is 2.84. The molecule has 0 radical (unpaired) electrons. The predicted molar refractivity (Wildman–Crippen MR) is 83.0 cm³/mol. The number of rotatable bonds is 6. The van der Waals surface area contributed by atoms with Crippen LogP contribution in [0.15, 0.2) is 22.7 Å². The summed E-state index contributed by atoms with van der Waals surface area (Å²) in [5.41, 5.74) is 0.735. The molecule has 0 saturated heterocycles. The maximum Gasteiger partial charge on any atom is 0.126 e. The van der Waals surface area contributed by atoms with E-state index < -0.39 is 0 Å². The van der Waals surface area contributed by atoms with Crippen molar-refractivity contribution in [2.45, 2.75) is 38.3 Å². The van der Waals surface area contributed by atoms with E-state index >= 15 is 0 Å². The third kappa shape index (κ3) is 3.77. The largest absolute Gasteiger partial charge is 0.315 e. The normalized spacial score (nSPS) is 16.4. The van der Waals surface area contributed by atoms with E-state index in [1.807, 2.05) is 13.1 Å². The molecule has 0 aliphatic carbocycles. The van der Waals surface area contributed by atoms with Crippen LogP contribution < -0.4 is 5.32 Å². The molecule has 1 aromatic carbocycles. The fourth-order valence-electron chi connectivity index (χ4n) is 2.43. The lowest BCUT2D eigenvalue weighted by atomic mass is 9.84. The monoisotopic (exact) mass is 330 g/mol. The van der Waals surface area contributed by atoms with E-state index in [4.69, 9.17) is 0 Å². The molecule has 0 heterocycles. The third-order valence-corrected chi connectivity index (χ3v) is 4.76. The van der Waals surface area contributed by atoms with Crippen molar-refractivity contribution in [2.24, 2.45) is 0 Å². The van der Waals surface area contributed by atoms with Gasteiger partial charge in [-0.25, -0.2) is 4.39 Å². The Morgan fingerprint density at radius 3 is 2.53 bits per heavy atom. The van der Waals surface area contributed by atoms with Crippen LogP contribution in [0.25, 0.3) is 0 Å². The summed E-state index contributed by atoms with van der Waals surface area (Å²) in [5, 5.41) is 3.35. The summed E-state index contributed by atoms with van der Waals surface area (Å²) in [6.45, 7) is 4.38. The summed E-state index contributed by atoms with van der Waals surface area (Å²) in [7, 11) is 6.09. The Labute approximate surface area is 124 Å². The van der Waals surface area contributed by atoms with E-state index in [2.05, 4.69) is 54.1 Å². The molecule has 108 valence electrons. The van der Waals surface area contributed by atoms with Crippen LogP contribution in [0.3, 0.4) is 0 Å². The number of likely N-dealkylation sites (N-methyl/N-ethyl adjacent to an activating group) is 2. The van der Waals surface area contributed by atoms with Gasteiger partial charge in [-0.05, 0) is 64.7 Å². The quantitative estimate of drug-likeness (QED) is 0.859. The van der Waals surface area contributed by atoms with Crippen molar-refractivity contribution in [1.29, 1.82) is 0 Å². The second-order valence-electron chi connectivity index (χ2n) is 5.39. The van der Waals surface area contributed by atoms with Gasteiger partial charge in [-0.1, -0.05) is 22.9 Å². The molecule has 2 nitrogen and oxygen atoms in total. The highest BCUT2D eigenvalue weighted by molar-refractivity contribution is 9.10. The van der Waals surface area contributed by atoms with E-state index in [-0.39, 0.29) is 17.4 Å². The molecule has 0 aliphatic heterocycles. The molecular formula is C15H24BrFN2. The fraction of sp³-hybridized carbons (Fsp3) is 0.600. The molecule has 1 rings (SSSR count). The molecule has 1 aromatic rings. The predicted octanol–water partition coefficient (Wildman–Crippen LogP) is 3.45. The van der Waals surface area contributed by atoms with Gasteiger partial charge in [-0.2, -0.15) is 0 Å². The van der Waals surface area contributed by atoms with Crippen LogP contribution in [0.1, 0.15) is 25.8 Å². The number of hydrogen-bond donors (Lipinski definition) is 1. The summed E-state index contributed by atoms with van der Waals surface area (Å²) in [6, 6.07) is 5.31. The van der Waals surface area contributed by atoms with Crippen LogP contribution in [-0.2, 0) is 6.42 Å². The molecule has 0 saturated carbocycles. The maximum absolute atomic E-state index is 13.9. The maximum atomic E-state index is 13.9. The van der Waals surface area contributed by atoms with E-state index in [0.29, 0.717) is 6.42 Å². The van der Waals surface area contributed by atoms with E-state index in [1.165, 1.54) is 6.07 Å². The topological polar surface area (TPSA) is 15.3 Å². The van der Waals surface area contributed by atoms with Crippen molar-refractivity contribution >= 4 is 15.9 Å². The molecule has 0 amide bonds. The molecule has 0 fully saturated rings. The highest BCUT2D eigenvalue weighted by Gasteiger charge is 2.34. The highest BCUT2D eigenvalue weighted by atomic mass is 79.9. The van der Waals surface area contributed by atoms with Gasteiger partial charge in [-0.15, -0.1) is 0 Å². The van der Waals surface area contributed by atoms with Crippen molar-refractivity contribution < 1.29 is 4.39 Å².